The van der Waals surface area contributed by atoms with Gasteiger partial charge in [-0.3, -0.25) is 4.90 Å². The predicted octanol–water partition coefficient (Wildman–Crippen LogP) is 4.36. The average molecular weight is 309 g/mol. The van der Waals surface area contributed by atoms with Gasteiger partial charge in [-0.2, -0.15) is 0 Å². The van der Waals surface area contributed by atoms with Gasteiger partial charge in [0.05, 0.1) is 0 Å². The predicted molar refractivity (Wildman–Crippen MR) is 97.1 cm³/mol. The van der Waals surface area contributed by atoms with Crippen LogP contribution in [-0.2, 0) is 0 Å². The second kappa shape index (κ2) is 8.15. The Morgan fingerprint density at radius 2 is 1.45 bits per heavy atom. The van der Waals surface area contributed by atoms with E-state index >= 15 is 0 Å². The van der Waals surface area contributed by atoms with Crippen molar-refractivity contribution in [3.05, 3.63) is 0 Å². The molecule has 2 fully saturated rings. The molecule has 0 amide bonds. The van der Waals surface area contributed by atoms with Crippen molar-refractivity contribution < 1.29 is 0 Å². The van der Waals surface area contributed by atoms with Gasteiger partial charge in [0.1, 0.15) is 0 Å². The Kier molecular flexibility index (Phi) is 6.76. The minimum atomic E-state index is 0.716. The van der Waals surface area contributed by atoms with Crippen molar-refractivity contribution in [2.75, 3.05) is 32.7 Å². The molecule has 3 unspecified atom stereocenters. The van der Waals surface area contributed by atoms with Gasteiger partial charge in [0.25, 0.3) is 0 Å². The second-order valence-electron chi connectivity index (χ2n) is 8.69. The summed E-state index contributed by atoms with van der Waals surface area (Å²) in [5.41, 5.74) is 0. The van der Waals surface area contributed by atoms with Gasteiger partial charge in [0.15, 0.2) is 0 Å². The number of piperazine rings is 1. The maximum atomic E-state index is 2.76. The maximum Gasteiger partial charge on any atom is 0.0113 e. The highest BCUT2D eigenvalue weighted by molar-refractivity contribution is 4.88. The molecule has 1 heterocycles. The summed E-state index contributed by atoms with van der Waals surface area (Å²) in [4.78, 5) is 5.39. The first-order chi connectivity index (χ1) is 10.4. The zero-order chi connectivity index (χ0) is 16.3. The fraction of sp³-hybridized carbons (Fsp3) is 1.00. The van der Waals surface area contributed by atoms with E-state index in [1.807, 2.05) is 0 Å². The van der Waals surface area contributed by atoms with Gasteiger partial charge in [-0.15, -0.1) is 0 Å². The third kappa shape index (κ3) is 4.47. The van der Waals surface area contributed by atoms with Crippen LogP contribution in [-0.4, -0.2) is 48.6 Å². The third-order valence-electron chi connectivity index (χ3n) is 6.83. The molecule has 22 heavy (non-hydrogen) atoms. The highest BCUT2D eigenvalue weighted by Crippen LogP contribution is 2.44. The molecule has 0 aromatic carbocycles. The Hall–Kier alpha value is -0.0800. The first-order valence-electron chi connectivity index (χ1n) is 9.88. The molecule has 1 aliphatic heterocycles. The Labute approximate surface area is 139 Å². The van der Waals surface area contributed by atoms with E-state index in [1.165, 1.54) is 52.0 Å². The Balaban J connectivity index is 1.84. The van der Waals surface area contributed by atoms with E-state index in [2.05, 4.69) is 51.3 Å². The van der Waals surface area contributed by atoms with E-state index in [0.29, 0.717) is 6.04 Å². The van der Waals surface area contributed by atoms with E-state index in [-0.39, 0.29) is 0 Å². The number of rotatable bonds is 6. The summed E-state index contributed by atoms with van der Waals surface area (Å²) < 4.78 is 0. The van der Waals surface area contributed by atoms with Crippen molar-refractivity contribution in [3.63, 3.8) is 0 Å². The molecular formula is C20H40N2. The molecule has 0 radical (unpaired) electrons. The smallest absolute Gasteiger partial charge is 0.0113 e. The Morgan fingerprint density at radius 3 is 1.95 bits per heavy atom. The lowest BCUT2D eigenvalue weighted by Crippen LogP contribution is -2.50. The highest BCUT2D eigenvalue weighted by Gasteiger charge is 2.37. The van der Waals surface area contributed by atoms with Crippen molar-refractivity contribution in [1.29, 1.82) is 0 Å². The van der Waals surface area contributed by atoms with E-state index in [0.717, 1.165) is 29.6 Å². The van der Waals surface area contributed by atoms with Gasteiger partial charge >= 0.3 is 0 Å². The molecule has 0 spiro atoms. The monoisotopic (exact) mass is 308 g/mol. The quantitative estimate of drug-likeness (QED) is 0.719. The lowest BCUT2D eigenvalue weighted by Gasteiger charge is -2.38. The fourth-order valence-electron chi connectivity index (χ4n) is 4.75. The van der Waals surface area contributed by atoms with Crippen molar-refractivity contribution in [3.8, 4) is 0 Å². The van der Waals surface area contributed by atoms with Crippen LogP contribution in [0.4, 0.5) is 0 Å². The van der Waals surface area contributed by atoms with Gasteiger partial charge in [0, 0.05) is 38.8 Å². The van der Waals surface area contributed by atoms with Crippen LogP contribution >= 0.6 is 0 Å². The molecule has 0 aromatic heterocycles. The number of nitrogens with zero attached hydrogens (tertiary/aromatic N) is 2. The van der Waals surface area contributed by atoms with Gasteiger partial charge in [0.2, 0.25) is 0 Å². The molecule has 2 aliphatic rings. The fourth-order valence-corrected chi connectivity index (χ4v) is 4.75. The van der Waals surface area contributed by atoms with Crippen LogP contribution in [0.2, 0.25) is 0 Å². The topological polar surface area (TPSA) is 6.48 Å². The lowest BCUT2D eigenvalue weighted by atomic mass is 9.83. The van der Waals surface area contributed by atoms with E-state index in [4.69, 9.17) is 0 Å². The molecule has 1 saturated heterocycles. The molecule has 130 valence electrons. The van der Waals surface area contributed by atoms with Crippen molar-refractivity contribution >= 4 is 0 Å². The third-order valence-corrected chi connectivity index (χ3v) is 6.83. The first kappa shape index (κ1) is 18.3. The zero-order valence-electron chi connectivity index (χ0n) is 16.0. The lowest BCUT2D eigenvalue weighted by molar-refractivity contribution is 0.0901. The first-order valence-corrected chi connectivity index (χ1v) is 9.88. The molecule has 1 aliphatic carbocycles. The molecule has 2 nitrogen and oxygen atoms in total. The van der Waals surface area contributed by atoms with Crippen LogP contribution in [0.3, 0.4) is 0 Å². The summed E-state index contributed by atoms with van der Waals surface area (Å²) in [6, 6.07) is 0.716. The second-order valence-corrected chi connectivity index (χ2v) is 8.69. The van der Waals surface area contributed by atoms with E-state index in [9.17, 15) is 0 Å². The SMILES string of the molecule is CCC1CC(C(C)C(C)C)C[C@@H]1CN1CCN(C(C)C)CC1. The average Bonchev–Trinajstić information content (AvgIpc) is 2.89. The van der Waals surface area contributed by atoms with Crippen molar-refractivity contribution in [2.24, 2.45) is 29.6 Å². The largest absolute Gasteiger partial charge is 0.301 e. The van der Waals surface area contributed by atoms with Gasteiger partial charge in [-0.05, 0) is 56.3 Å². The van der Waals surface area contributed by atoms with Crippen LogP contribution in [0, 0.1) is 29.6 Å². The summed E-state index contributed by atoms with van der Waals surface area (Å²) in [5, 5.41) is 0. The van der Waals surface area contributed by atoms with E-state index in [1.54, 1.807) is 0 Å². The standard InChI is InChI=1S/C20H40N2/c1-7-18-12-19(17(6)15(2)3)13-20(18)14-21-8-10-22(11-9-21)16(4)5/h15-20H,7-14H2,1-6H3/t17?,18?,19?,20-/m1/s1. The van der Waals surface area contributed by atoms with Crippen LogP contribution in [0.5, 0.6) is 0 Å². The summed E-state index contributed by atoms with van der Waals surface area (Å²) in [6.07, 6.45) is 4.37. The minimum Gasteiger partial charge on any atom is -0.301 e. The number of hydrogen-bond donors (Lipinski definition) is 0. The molecule has 0 N–H and O–H groups in total. The maximum absolute atomic E-state index is 2.76. The summed E-state index contributed by atoms with van der Waals surface area (Å²) in [6.45, 7) is 20.9. The Bertz CT molecular complexity index is 318. The van der Waals surface area contributed by atoms with E-state index < -0.39 is 0 Å². The molecule has 0 bridgehead atoms. The zero-order valence-corrected chi connectivity index (χ0v) is 16.0. The number of hydrogen-bond acceptors (Lipinski definition) is 2. The van der Waals surface area contributed by atoms with Crippen molar-refractivity contribution in [1.82, 2.24) is 9.80 Å². The highest BCUT2D eigenvalue weighted by atomic mass is 15.3. The van der Waals surface area contributed by atoms with Crippen LogP contribution in [0.1, 0.15) is 60.8 Å². The van der Waals surface area contributed by atoms with Crippen molar-refractivity contribution in [2.45, 2.75) is 66.8 Å². The molecule has 2 rings (SSSR count). The Morgan fingerprint density at radius 1 is 0.864 bits per heavy atom. The normalized spacial score (nSPS) is 33.0. The molecule has 2 heteroatoms. The van der Waals surface area contributed by atoms with Crippen LogP contribution in [0.15, 0.2) is 0 Å². The summed E-state index contributed by atoms with van der Waals surface area (Å²) in [7, 11) is 0. The van der Waals surface area contributed by atoms with Crippen LogP contribution in [0.25, 0.3) is 0 Å². The van der Waals surface area contributed by atoms with Gasteiger partial charge < -0.3 is 4.90 Å². The molecular weight excluding hydrogens is 268 g/mol. The summed E-state index contributed by atoms with van der Waals surface area (Å²) >= 11 is 0. The van der Waals surface area contributed by atoms with Gasteiger partial charge in [-0.1, -0.05) is 34.1 Å². The summed E-state index contributed by atoms with van der Waals surface area (Å²) in [5.74, 6) is 4.66. The molecule has 0 aromatic rings. The molecule has 1 saturated carbocycles. The van der Waals surface area contributed by atoms with Gasteiger partial charge in [-0.25, -0.2) is 0 Å². The molecule has 4 atom stereocenters. The minimum absolute atomic E-state index is 0.716. The van der Waals surface area contributed by atoms with Crippen LogP contribution < -0.4 is 0 Å².